The van der Waals surface area contributed by atoms with E-state index in [9.17, 15) is 4.79 Å². The summed E-state index contributed by atoms with van der Waals surface area (Å²) in [5.74, 6) is 0.694. The van der Waals surface area contributed by atoms with Gasteiger partial charge in [0.15, 0.2) is 6.61 Å². The van der Waals surface area contributed by atoms with Gasteiger partial charge < -0.3 is 9.47 Å². The summed E-state index contributed by atoms with van der Waals surface area (Å²) in [5.41, 5.74) is 0.466. The molecule has 0 aliphatic carbocycles. The van der Waals surface area contributed by atoms with Gasteiger partial charge in [-0.05, 0) is 24.3 Å². The number of para-hydroxylation sites is 1. The van der Waals surface area contributed by atoms with Crippen LogP contribution in [0.4, 0.5) is 0 Å². The van der Waals surface area contributed by atoms with Crippen molar-refractivity contribution >= 4 is 29.0 Å². The Balaban J connectivity index is 2.11. The molecule has 20 heavy (non-hydrogen) atoms. The first kappa shape index (κ1) is 14.7. The third-order valence-corrected chi connectivity index (χ3v) is 3.48. The van der Waals surface area contributed by atoms with Crippen molar-refractivity contribution in [3.05, 3.63) is 58.1 Å². The maximum Gasteiger partial charge on any atom is 0.203 e. The second-order valence-corrected chi connectivity index (χ2v) is 4.75. The van der Waals surface area contributed by atoms with Gasteiger partial charge in [0.25, 0.3) is 0 Å². The standard InChI is InChI=1S/C15H12Cl2O3/c1-19-13-7-3-2-5-10(13)12(18)9-20-14-8-4-6-11(16)15(14)17/h2-8H,9H2,1H3. The maximum atomic E-state index is 12.1. The number of halogens is 2. The second kappa shape index (κ2) is 6.64. The lowest BCUT2D eigenvalue weighted by atomic mass is 10.1. The molecular formula is C15H12Cl2O3. The molecule has 2 aromatic carbocycles. The Kier molecular flexibility index (Phi) is 4.88. The van der Waals surface area contributed by atoms with Crippen molar-refractivity contribution in [1.82, 2.24) is 0 Å². The van der Waals surface area contributed by atoms with Gasteiger partial charge in [-0.1, -0.05) is 41.4 Å². The molecule has 0 heterocycles. The molecule has 0 N–H and O–H groups in total. The molecule has 0 amide bonds. The fourth-order valence-electron chi connectivity index (χ4n) is 1.69. The molecule has 0 atom stereocenters. The molecule has 0 saturated carbocycles. The van der Waals surface area contributed by atoms with E-state index in [1.54, 1.807) is 42.5 Å². The average molecular weight is 311 g/mol. The Morgan fingerprint density at radius 3 is 2.50 bits per heavy atom. The van der Waals surface area contributed by atoms with Crippen LogP contribution in [-0.4, -0.2) is 19.5 Å². The van der Waals surface area contributed by atoms with Gasteiger partial charge in [0.05, 0.1) is 17.7 Å². The van der Waals surface area contributed by atoms with E-state index in [1.807, 2.05) is 0 Å². The van der Waals surface area contributed by atoms with Crippen molar-refractivity contribution in [3.63, 3.8) is 0 Å². The van der Waals surface area contributed by atoms with E-state index in [-0.39, 0.29) is 12.4 Å². The lowest BCUT2D eigenvalue weighted by molar-refractivity contribution is 0.0918. The zero-order chi connectivity index (χ0) is 14.5. The molecule has 0 aromatic heterocycles. The van der Waals surface area contributed by atoms with Gasteiger partial charge in [-0.3, -0.25) is 4.79 Å². The minimum Gasteiger partial charge on any atom is -0.496 e. The smallest absolute Gasteiger partial charge is 0.203 e. The number of ketones is 1. The summed E-state index contributed by atoms with van der Waals surface area (Å²) in [4.78, 5) is 12.1. The summed E-state index contributed by atoms with van der Waals surface area (Å²) in [7, 11) is 1.51. The zero-order valence-corrected chi connectivity index (χ0v) is 12.2. The van der Waals surface area contributed by atoms with E-state index in [2.05, 4.69) is 0 Å². The quantitative estimate of drug-likeness (QED) is 0.774. The molecule has 2 rings (SSSR count). The highest BCUT2D eigenvalue weighted by molar-refractivity contribution is 6.42. The van der Waals surface area contributed by atoms with Crippen LogP contribution in [0, 0.1) is 0 Å². The van der Waals surface area contributed by atoms with Crippen LogP contribution in [-0.2, 0) is 0 Å². The zero-order valence-electron chi connectivity index (χ0n) is 10.7. The summed E-state index contributed by atoms with van der Waals surface area (Å²) in [6.45, 7) is -0.138. The average Bonchev–Trinajstić information content (AvgIpc) is 2.48. The fraction of sp³-hybridized carbons (Fsp3) is 0.133. The summed E-state index contributed by atoms with van der Waals surface area (Å²) < 4.78 is 10.5. The van der Waals surface area contributed by atoms with Crippen molar-refractivity contribution < 1.29 is 14.3 Å². The number of hydrogen-bond acceptors (Lipinski definition) is 3. The number of carbonyl (C=O) groups is 1. The third-order valence-electron chi connectivity index (χ3n) is 2.68. The monoisotopic (exact) mass is 310 g/mol. The molecule has 0 spiro atoms. The van der Waals surface area contributed by atoms with Crippen LogP contribution in [0.1, 0.15) is 10.4 Å². The van der Waals surface area contributed by atoms with Crippen molar-refractivity contribution in [3.8, 4) is 11.5 Å². The molecule has 0 aliphatic rings. The van der Waals surface area contributed by atoms with Gasteiger partial charge in [-0.15, -0.1) is 0 Å². The Morgan fingerprint density at radius 2 is 1.75 bits per heavy atom. The van der Waals surface area contributed by atoms with Crippen LogP contribution in [0.2, 0.25) is 10.0 Å². The number of benzene rings is 2. The first-order valence-electron chi connectivity index (χ1n) is 5.86. The predicted octanol–water partition coefficient (Wildman–Crippen LogP) is 4.26. The van der Waals surface area contributed by atoms with Crippen LogP contribution >= 0.6 is 23.2 Å². The van der Waals surface area contributed by atoms with E-state index in [1.165, 1.54) is 7.11 Å². The fourth-order valence-corrected chi connectivity index (χ4v) is 2.04. The molecule has 0 aliphatic heterocycles. The van der Waals surface area contributed by atoms with E-state index >= 15 is 0 Å². The normalized spacial score (nSPS) is 10.2. The minimum absolute atomic E-state index is 0.138. The molecule has 2 aromatic rings. The first-order valence-corrected chi connectivity index (χ1v) is 6.62. The van der Waals surface area contributed by atoms with Gasteiger partial charge in [-0.25, -0.2) is 0 Å². The molecule has 0 unspecified atom stereocenters. The van der Waals surface area contributed by atoms with E-state index < -0.39 is 0 Å². The SMILES string of the molecule is COc1ccccc1C(=O)COc1cccc(Cl)c1Cl. The second-order valence-electron chi connectivity index (χ2n) is 3.96. The Morgan fingerprint density at radius 1 is 1.05 bits per heavy atom. The highest BCUT2D eigenvalue weighted by Crippen LogP contribution is 2.31. The Labute approximate surface area is 127 Å². The highest BCUT2D eigenvalue weighted by Gasteiger charge is 2.13. The van der Waals surface area contributed by atoms with Crippen molar-refractivity contribution in [1.29, 1.82) is 0 Å². The summed E-state index contributed by atoms with van der Waals surface area (Å²) >= 11 is 11.9. The summed E-state index contributed by atoms with van der Waals surface area (Å²) in [5, 5.41) is 0.677. The number of hydrogen-bond donors (Lipinski definition) is 0. The van der Waals surface area contributed by atoms with Crippen LogP contribution in [0.15, 0.2) is 42.5 Å². The van der Waals surface area contributed by atoms with Gasteiger partial charge >= 0.3 is 0 Å². The maximum absolute atomic E-state index is 12.1. The van der Waals surface area contributed by atoms with Gasteiger partial charge in [0.2, 0.25) is 5.78 Å². The molecule has 3 nitrogen and oxygen atoms in total. The molecule has 0 saturated heterocycles. The van der Waals surface area contributed by atoms with Gasteiger partial charge in [0, 0.05) is 0 Å². The number of Topliss-reactive ketones (excluding diaryl/α,β-unsaturated/α-hetero) is 1. The first-order chi connectivity index (χ1) is 9.63. The topological polar surface area (TPSA) is 35.5 Å². The minimum atomic E-state index is -0.196. The van der Waals surface area contributed by atoms with Gasteiger partial charge in [0.1, 0.15) is 16.5 Å². The predicted molar refractivity (Wildman–Crippen MR) is 79.3 cm³/mol. The summed E-state index contributed by atoms with van der Waals surface area (Å²) in [6, 6.07) is 12.0. The van der Waals surface area contributed by atoms with E-state index in [4.69, 9.17) is 32.7 Å². The molecule has 0 radical (unpaired) electrons. The van der Waals surface area contributed by atoms with Gasteiger partial charge in [-0.2, -0.15) is 0 Å². The molecule has 5 heteroatoms. The number of methoxy groups -OCH3 is 1. The van der Waals surface area contributed by atoms with Crippen LogP contribution < -0.4 is 9.47 Å². The molecular weight excluding hydrogens is 299 g/mol. The van der Waals surface area contributed by atoms with E-state index in [0.29, 0.717) is 27.1 Å². The Hall–Kier alpha value is -1.71. The number of rotatable bonds is 5. The lowest BCUT2D eigenvalue weighted by Crippen LogP contribution is -2.12. The Bertz CT molecular complexity index is 626. The van der Waals surface area contributed by atoms with Crippen molar-refractivity contribution in [2.24, 2.45) is 0 Å². The van der Waals surface area contributed by atoms with Crippen LogP contribution in [0.3, 0.4) is 0 Å². The molecule has 104 valence electrons. The number of carbonyl (C=O) groups excluding carboxylic acids is 1. The van der Waals surface area contributed by atoms with E-state index in [0.717, 1.165) is 0 Å². The summed E-state index contributed by atoms with van der Waals surface area (Å²) in [6.07, 6.45) is 0. The molecule has 0 fully saturated rings. The van der Waals surface area contributed by atoms with Crippen LogP contribution in [0.25, 0.3) is 0 Å². The lowest BCUT2D eigenvalue weighted by Gasteiger charge is -2.10. The van der Waals surface area contributed by atoms with Crippen molar-refractivity contribution in [2.45, 2.75) is 0 Å². The number of ether oxygens (including phenoxy) is 2. The third kappa shape index (κ3) is 3.24. The highest BCUT2D eigenvalue weighted by atomic mass is 35.5. The molecule has 0 bridgehead atoms. The largest absolute Gasteiger partial charge is 0.496 e. The van der Waals surface area contributed by atoms with Crippen molar-refractivity contribution in [2.75, 3.05) is 13.7 Å². The van der Waals surface area contributed by atoms with Crippen LogP contribution in [0.5, 0.6) is 11.5 Å².